The highest BCUT2D eigenvalue weighted by Gasteiger charge is 2.29. The maximum Gasteiger partial charge on any atom is 0.309 e. The van der Waals surface area contributed by atoms with Gasteiger partial charge >= 0.3 is 5.97 Å². The topological polar surface area (TPSA) is 79.3 Å². The number of nitrogens with one attached hydrogen (secondary N) is 1. The van der Waals surface area contributed by atoms with Crippen LogP contribution >= 0.6 is 11.3 Å². The fourth-order valence-electron chi connectivity index (χ4n) is 1.22. The van der Waals surface area contributed by atoms with Gasteiger partial charge in [-0.15, -0.1) is 11.3 Å². The number of carbonyl (C=O) groups excluding carboxylic acids is 1. The molecule has 1 aromatic rings. The number of thiazole rings is 1. The molecule has 0 aliphatic heterocycles. The third-order valence-corrected chi connectivity index (χ3v) is 3.17. The molecule has 1 rings (SSSR count). The number of nitrogens with zero attached hydrogens (tertiary/aromatic N) is 1. The highest BCUT2D eigenvalue weighted by Crippen LogP contribution is 2.19. The normalized spacial score (nSPS) is 11.2. The highest BCUT2D eigenvalue weighted by atomic mass is 32.1. The largest absolute Gasteiger partial charge is 0.481 e. The smallest absolute Gasteiger partial charge is 0.309 e. The average molecular weight is 256 g/mol. The molecule has 0 saturated heterocycles. The van der Waals surface area contributed by atoms with Crippen LogP contribution in [-0.4, -0.2) is 28.5 Å². The zero-order valence-corrected chi connectivity index (χ0v) is 10.7. The van der Waals surface area contributed by atoms with Crippen molar-refractivity contribution in [2.75, 3.05) is 6.54 Å². The van der Waals surface area contributed by atoms with Crippen LogP contribution in [0.25, 0.3) is 0 Å². The maximum absolute atomic E-state index is 11.5. The number of amides is 1. The molecule has 0 aromatic carbocycles. The summed E-state index contributed by atoms with van der Waals surface area (Å²) in [5, 5.41) is 14.4. The van der Waals surface area contributed by atoms with E-state index in [1.165, 1.54) is 25.2 Å². The fourth-order valence-corrected chi connectivity index (χ4v) is 1.85. The van der Waals surface area contributed by atoms with Crippen molar-refractivity contribution in [1.82, 2.24) is 10.3 Å². The van der Waals surface area contributed by atoms with Crippen LogP contribution in [0.4, 0.5) is 0 Å². The lowest BCUT2D eigenvalue weighted by Crippen LogP contribution is -2.34. The highest BCUT2D eigenvalue weighted by molar-refractivity contribution is 7.09. The minimum Gasteiger partial charge on any atom is -0.481 e. The molecule has 1 aromatic heterocycles. The van der Waals surface area contributed by atoms with Crippen molar-refractivity contribution in [3.63, 3.8) is 0 Å². The number of aliphatic carboxylic acids is 1. The van der Waals surface area contributed by atoms with E-state index in [4.69, 9.17) is 5.11 Å². The Morgan fingerprint density at radius 1 is 1.53 bits per heavy atom. The van der Waals surface area contributed by atoms with Crippen LogP contribution in [0.1, 0.15) is 25.3 Å². The van der Waals surface area contributed by atoms with Crippen molar-refractivity contribution < 1.29 is 14.7 Å². The van der Waals surface area contributed by atoms with E-state index >= 15 is 0 Å². The molecular formula is C11H16N2O3S. The fraction of sp³-hybridized carbons (Fsp3) is 0.545. The Bertz CT molecular complexity index is 387. The van der Waals surface area contributed by atoms with E-state index in [2.05, 4.69) is 10.3 Å². The molecule has 0 bridgehead atoms. The minimum absolute atomic E-state index is 0.0137. The number of rotatable bonds is 6. The predicted molar refractivity (Wildman–Crippen MR) is 64.9 cm³/mol. The van der Waals surface area contributed by atoms with Crippen molar-refractivity contribution in [2.45, 2.75) is 26.7 Å². The zero-order chi connectivity index (χ0) is 12.9. The quantitative estimate of drug-likeness (QED) is 0.804. The third kappa shape index (κ3) is 4.52. The summed E-state index contributed by atoms with van der Waals surface area (Å²) < 4.78 is 0. The molecule has 0 aliphatic rings. The molecular weight excluding hydrogens is 240 g/mol. The summed E-state index contributed by atoms with van der Waals surface area (Å²) in [6.07, 6.45) is 2.38. The van der Waals surface area contributed by atoms with Crippen LogP contribution in [0.2, 0.25) is 0 Å². The number of carboxylic acid groups (broad SMARTS) is 1. The van der Waals surface area contributed by atoms with Crippen LogP contribution in [0.5, 0.6) is 0 Å². The van der Waals surface area contributed by atoms with Gasteiger partial charge in [0.05, 0.1) is 10.4 Å². The summed E-state index contributed by atoms with van der Waals surface area (Å²) in [6.45, 7) is 3.56. The lowest BCUT2D eigenvalue weighted by atomic mass is 9.89. The number of aromatic nitrogens is 1. The van der Waals surface area contributed by atoms with Crippen molar-refractivity contribution in [2.24, 2.45) is 5.41 Å². The number of carboxylic acids is 1. The van der Waals surface area contributed by atoms with Crippen molar-refractivity contribution in [3.8, 4) is 0 Å². The monoisotopic (exact) mass is 256 g/mol. The van der Waals surface area contributed by atoms with Gasteiger partial charge in [-0.05, 0) is 13.8 Å². The van der Waals surface area contributed by atoms with Crippen LogP contribution in [-0.2, 0) is 16.0 Å². The van der Waals surface area contributed by atoms with E-state index in [1.807, 2.05) is 5.38 Å². The van der Waals surface area contributed by atoms with Crippen LogP contribution in [0, 0.1) is 5.41 Å². The average Bonchev–Trinajstić information content (AvgIpc) is 2.69. The zero-order valence-electron chi connectivity index (χ0n) is 9.90. The van der Waals surface area contributed by atoms with E-state index in [9.17, 15) is 9.59 Å². The lowest BCUT2D eigenvalue weighted by molar-refractivity contribution is -0.149. The summed E-state index contributed by atoms with van der Waals surface area (Å²) >= 11 is 1.54. The van der Waals surface area contributed by atoms with Gasteiger partial charge in [-0.2, -0.15) is 0 Å². The SMILES string of the molecule is CC(C)(CC(=O)NCCc1nccs1)C(=O)O. The second-order valence-electron chi connectivity index (χ2n) is 4.39. The standard InChI is InChI=1S/C11H16N2O3S/c1-11(2,10(15)16)7-8(14)12-4-3-9-13-5-6-17-9/h5-6H,3-4,7H2,1-2H3,(H,12,14)(H,15,16). The molecule has 0 unspecified atom stereocenters. The summed E-state index contributed by atoms with van der Waals surface area (Å²) in [4.78, 5) is 26.4. The molecule has 0 fully saturated rings. The maximum atomic E-state index is 11.5. The van der Waals surface area contributed by atoms with E-state index in [1.54, 1.807) is 6.20 Å². The van der Waals surface area contributed by atoms with Crippen LogP contribution in [0.3, 0.4) is 0 Å². The number of hydrogen-bond donors (Lipinski definition) is 2. The van der Waals surface area contributed by atoms with Gasteiger partial charge in [0.25, 0.3) is 0 Å². The molecule has 0 radical (unpaired) electrons. The number of carbonyl (C=O) groups is 2. The molecule has 94 valence electrons. The Balaban J connectivity index is 2.28. The van der Waals surface area contributed by atoms with E-state index in [0.717, 1.165) is 5.01 Å². The summed E-state index contributed by atoms with van der Waals surface area (Å²) in [7, 11) is 0. The number of hydrogen-bond acceptors (Lipinski definition) is 4. The van der Waals surface area contributed by atoms with Gasteiger partial charge in [0.15, 0.2) is 0 Å². The summed E-state index contributed by atoms with van der Waals surface area (Å²) in [6, 6.07) is 0. The molecule has 1 amide bonds. The Hall–Kier alpha value is -1.43. The van der Waals surface area contributed by atoms with Crippen LogP contribution < -0.4 is 5.32 Å². The van der Waals surface area contributed by atoms with Gasteiger partial charge in [0.1, 0.15) is 0 Å². The molecule has 0 aliphatic carbocycles. The van der Waals surface area contributed by atoms with Gasteiger partial charge in [0, 0.05) is 31.0 Å². The molecule has 1 heterocycles. The second-order valence-corrected chi connectivity index (χ2v) is 5.37. The van der Waals surface area contributed by atoms with Crippen molar-refractivity contribution in [1.29, 1.82) is 0 Å². The summed E-state index contributed by atoms with van der Waals surface area (Å²) in [5.41, 5.74) is -1.02. The summed E-state index contributed by atoms with van der Waals surface area (Å²) in [5.74, 6) is -1.21. The first-order valence-electron chi connectivity index (χ1n) is 5.30. The molecule has 0 spiro atoms. The van der Waals surface area contributed by atoms with Crippen LogP contribution in [0.15, 0.2) is 11.6 Å². The second kappa shape index (κ2) is 5.77. The van der Waals surface area contributed by atoms with Gasteiger partial charge in [-0.1, -0.05) is 0 Å². The van der Waals surface area contributed by atoms with Crippen molar-refractivity contribution >= 4 is 23.2 Å². The van der Waals surface area contributed by atoms with Crippen molar-refractivity contribution in [3.05, 3.63) is 16.6 Å². The van der Waals surface area contributed by atoms with E-state index in [0.29, 0.717) is 13.0 Å². The first-order chi connectivity index (χ1) is 7.92. The third-order valence-electron chi connectivity index (χ3n) is 2.33. The Morgan fingerprint density at radius 2 is 2.24 bits per heavy atom. The molecule has 5 nitrogen and oxygen atoms in total. The molecule has 0 atom stereocenters. The Morgan fingerprint density at radius 3 is 2.76 bits per heavy atom. The van der Waals surface area contributed by atoms with Gasteiger partial charge in [-0.25, -0.2) is 4.98 Å². The first kappa shape index (κ1) is 13.6. The minimum atomic E-state index is -1.02. The van der Waals surface area contributed by atoms with E-state index in [-0.39, 0.29) is 12.3 Å². The molecule has 2 N–H and O–H groups in total. The lowest BCUT2D eigenvalue weighted by Gasteiger charge is -2.17. The molecule has 6 heteroatoms. The Kier molecular flexibility index (Phi) is 4.62. The van der Waals surface area contributed by atoms with E-state index < -0.39 is 11.4 Å². The molecule has 0 saturated carbocycles. The van der Waals surface area contributed by atoms with Gasteiger partial charge < -0.3 is 10.4 Å². The first-order valence-corrected chi connectivity index (χ1v) is 6.18. The van der Waals surface area contributed by atoms with Gasteiger partial charge in [-0.3, -0.25) is 9.59 Å². The molecule has 17 heavy (non-hydrogen) atoms. The Labute approximate surface area is 104 Å². The predicted octanol–water partition coefficient (Wildman–Crippen LogP) is 1.30. The van der Waals surface area contributed by atoms with Gasteiger partial charge in [0.2, 0.25) is 5.91 Å².